The summed E-state index contributed by atoms with van der Waals surface area (Å²) in [7, 11) is 3.91. The van der Waals surface area contributed by atoms with Gasteiger partial charge in [0.1, 0.15) is 5.75 Å². The summed E-state index contributed by atoms with van der Waals surface area (Å²) in [6.45, 7) is 0. The van der Waals surface area contributed by atoms with Crippen molar-refractivity contribution >= 4 is 17.4 Å². The van der Waals surface area contributed by atoms with Crippen molar-refractivity contribution in [2.45, 2.75) is 4.90 Å². The van der Waals surface area contributed by atoms with Gasteiger partial charge in [0.2, 0.25) is 0 Å². The molecule has 0 spiro atoms. The molecule has 0 atom stereocenters. The molecular formula is C9H13NOS. The van der Waals surface area contributed by atoms with Gasteiger partial charge in [-0.25, -0.2) is 0 Å². The molecule has 0 aromatic heterocycles. The first kappa shape index (κ1) is 9.26. The molecule has 0 unspecified atom stereocenters. The minimum atomic E-state index is 0.325. The Morgan fingerprint density at radius 2 is 1.92 bits per heavy atom. The summed E-state index contributed by atoms with van der Waals surface area (Å²) in [5.41, 5.74) is 1.03. The van der Waals surface area contributed by atoms with E-state index in [4.69, 9.17) is 0 Å². The van der Waals surface area contributed by atoms with Gasteiger partial charge < -0.3 is 10.0 Å². The number of hydrogen-bond acceptors (Lipinski definition) is 3. The third-order valence-electron chi connectivity index (χ3n) is 1.63. The van der Waals surface area contributed by atoms with Gasteiger partial charge in [-0.05, 0) is 18.4 Å². The van der Waals surface area contributed by atoms with Crippen LogP contribution in [-0.2, 0) is 0 Å². The summed E-state index contributed by atoms with van der Waals surface area (Å²) in [5, 5.41) is 9.33. The first-order valence-electron chi connectivity index (χ1n) is 3.69. The SMILES string of the molecule is CSc1cc(O)cc(N(C)C)c1. The van der Waals surface area contributed by atoms with E-state index in [-0.39, 0.29) is 0 Å². The lowest BCUT2D eigenvalue weighted by molar-refractivity contribution is 0.474. The summed E-state index contributed by atoms with van der Waals surface area (Å²) in [6, 6.07) is 5.56. The molecule has 1 N–H and O–H groups in total. The summed E-state index contributed by atoms with van der Waals surface area (Å²) in [4.78, 5) is 3.05. The summed E-state index contributed by atoms with van der Waals surface area (Å²) >= 11 is 1.63. The Labute approximate surface area is 77.2 Å². The standard InChI is InChI=1S/C9H13NOS/c1-10(2)7-4-8(11)6-9(5-7)12-3/h4-6,11H,1-3H3. The fourth-order valence-electron chi connectivity index (χ4n) is 0.944. The van der Waals surface area contributed by atoms with Gasteiger partial charge >= 0.3 is 0 Å². The Kier molecular flexibility index (Phi) is 2.87. The maximum atomic E-state index is 9.33. The summed E-state index contributed by atoms with van der Waals surface area (Å²) in [5.74, 6) is 0.325. The largest absolute Gasteiger partial charge is 0.508 e. The van der Waals surface area contributed by atoms with Crippen LogP contribution in [0.5, 0.6) is 5.75 Å². The van der Waals surface area contributed by atoms with Crippen molar-refractivity contribution in [1.82, 2.24) is 0 Å². The fraction of sp³-hybridized carbons (Fsp3) is 0.333. The van der Waals surface area contributed by atoms with Crippen LogP contribution >= 0.6 is 11.8 Å². The highest BCUT2D eigenvalue weighted by atomic mass is 32.2. The lowest BCUT2D eigenvalue weighted by atomic mass is 10.3. The average molecular weight is 183 g/mol. The third-order valence-corrected chi connectivity index (χ3v) is 2.34. The molecule has 0 saturated carbocycles. The lowest BCUT2D eigenvalue weighted by Crippen LogP contribution is -2.08. The molecule has 0 amide bonds. The summed E-state index contributed by atoms with van der Waals surface area (Å²) < 4.78 is 0. The molecule has 0 aliphatic heterocycles. The van der Waals surface area contributed by atoms with E-state index >= 15 is 0 Å². The number of thioether (sulfide) groups is 1. The van der Waals surface area contributed by atoms with Crippen molar-refractivity contribution < 1.29 is 5.11 Å². The predicted molar refractivity (Wildman–Crippen MR) is 54.2 cm³/mol. The Balaban J connectivity index is 3.06. The normalized spacial score (nSPS) is 9.92. The maximum absolute atomic E-state index is 9.33. The first-order valence-corrected chi connectivity index (χ1v) is 4.91. The zero-order valence-electron chi connectivity index (χ0n) is 7.53. The highest BCUT2D eigenvalue weighted by Gasteiger charge is 2.00. The second-order valence-corrected chi connectivity index (χ2v) is 3.66. The number of benzene rings is 1. The van der Waals surface area contributed by atoms with E-state index in [1.54, 1.807) is 23.9 Å². The molecule has 0 fully saturated rings. The molecule has 2 nitrogen and oxygen atoms in total. The molecule has 0 radical (unpaired) electrons. The zero-order chi connectivity index (χ0) is 9.14. The van der Waals surface area contributed by atoms with Gasteiger partial charge in [-0.3, -0.25) is 0 Å². The zero-order valence-corrected chi connectivity index (χ0v) is 8.35. The van der Waals surface area contributed by atoms with Gasteiger partial charge in [0, 0.05) is 30.7 Å². The van der Waals surface area contributed by atoms with Gasteiger partial charge in [0.15, 0.2) is 0 Å². The monoisotopic (exact) mass is 183 g/mol. The van der Waals surface area contributed by atoms with Crippen molar-refractivity contribution in [2.24, 2.45) is 0 Å². The van der Waals surface area contributed by atoms with Crippen LogP contribution in [0.3, 0.4) is 0 Å². The van der Waals surface area contributed by atoms with Crippen molar-refractivity contribution in [3.8, 4) is 5.75 Å². The molecule has 1 aromatic carbocycles. The number of phenolic OH excluding ortho intramolecular Hbond substituents is 1. The van der Waals surface area contributed by atoms with Gasteiger partial charge in [-0.2, -0.15) is 0 Å². The van der Waals surface area contributed by atoms with E-state index < -0.39 is 0 Å². The second kappa shape index (κ2) is 3.72. The number of anilines is 1. The number of rotatable bonds is 2. The van der Waals surface area contributed by atoms with Crippen LogP contribution in [0.1, 0.15) is 0 Å². The molecule has 0 aliphatic carbocycles. The second-order valence-electron chi connectivity index (χ2n) is 2.78. The van der Waals surface area contributed by atoms with Crippen LogP contribution in [0.25, 0.3) is 0 Å². The lowest BCUT2D eigenvalue weighted by Gasteiger charge is -2.13. The molecule has 12 heavy (non-hydrogen) atoms. The highest BCUT2D eigenvalue weighted by Crippen LogP contribution is 2.26. The predicted octanol–water partition coefficient (Wildman–Crippen LogP) is 2.18. The Morgan fingerprint density at radius 1 is 1.25 bits per heavy atom. The van der Waals surface area contributed by atoms with Gasteiger partial charge in [0.05, 0.1) is 0 Å². The Bertz CT molecular complexity index is 273. The molecule has 0 heterocycles. The van der Waals surface area contributed by atoms with Gasteiger partial charge in [-0.15, -0.1) is 11.8 Å². The number of aromatic hydroxyl groups is 1. The quantitative estimate of drug-likeness (QED) is 0.711. The highest BCUT2D eigenvalue weighted by molar-refractivity contribution is 7.98. The van der Waals surface area contributed by atoms with Gasteiger partial charge in [0.25, 0.3) is 0 Å². The first-order chi connectivity index (χ1) is 5.63. The van der Waals surface area contributed by atoms with Crippen LogP contribution in [-0.4, -0.2) is 25.5 Å². The molecule has 3 heteroatoms. The topological polar surface area (TPSA) is 23.5 Å². The molecule has 0 saturated heterocycles. The number of phenols is 1. The van der Waals surface area contributed by atoms with E-state index in [0.717, 1.165) is 10.6 Å². The van der Waals surface area contributed by atoms with Gasteiger partial charge in [-0.1, -0.05) is 0 Å². The smallest absolute Gasteiger partial charge is 0.118 e. The van der Waals surface area contributed by atoms with E-state index in [1.807, 2.05) is 31.3 Å². The molecule has 0 bridgehead atoms. The third kappa shape index (κ3) is 2.08. The number of nitrogens with zero attached hydrogens (tertiary/aromatic N) is 1. The Morgan fingerprint density at radius 3 is 2.42 bits per heavy atom. The molecule has 1 rings (SSSR count). The minimum absolute atomic E-state index is 0.325. The maximum Gasteiger partial charge on any atom is 0.118 e. The van der Waals surface area contributed by atoms with E-state index in [1.165, 1.54) is 0 Å². The van der Waals surface area contributed by atoms with Crippen molar-refractivity contribution in [2.75, 3.05) is 25.3 Å². The molecular weight excluding hydrogens is 170 g/mol. The minimum Gasteiger partial charge on any atom is -0.508 e. The molecule has 1 aromatic rings. The molecule has 0 aliphatic rings. The fourth-order valence-corrected chi connectivity index (χ4v) is 1.42. The molecule has 66 valence electrons. The van der Waals surface area contributed by atoms with Crippen LogP contribution in [0.2, 0.25) is 0 Å². The van der Waals surface area contributed by atoms with E-state index in [0.29, 0.717) is 5.75 Å². The van der Waals surface area contributed by atoms with Crippen LogP contribution < -0.4 is 4.90 Å². The van der Waals surface area contributed by atoms with Crippen LogP contribution in [0.4, 0.5) is 5.69 Å². The summed E-state index contributed by atoms with van der Waals surface area (Å²) in [6.07, 6.45) is 1.99. The average Bonchev–Trinajstić information content (AvgIpc) is 2.03. The van der Waals surface area contributed by atoms with Crippen molar-refractivity contribution in [3.05, 3.63) is 18.2 Å². The number of hydrogen-bond donors (Lipinski definition) is 1. The van der Waals surface area contributed by atoms with Crippen molar-refractivity contribution in [1.29, 1.82) is 0 Å². The van der Waals surface area contributed by atoms with Crippen molar-refractivity contribution in [3.63, 3.8) is 0 Å². The van der Waals surface area contributed by atoms with E-state index in [9.17, 15) is 5.11 Å². The van der Waals surface area contributed by atoms with Crippen LogP contribution in [0, 0.1) is 0 Å². The Hall–Kier alpha value is -0.830. The van der Waals surface area contributed by atoms with Crippen LogP contribution in [0.15, 0.2) is 23.1 Å². The van der Waals surface area contributed by atoms with E-state index in [2.05, 4.69) is 0 Å².